The third kappa shape index (κ3) is 2.87. The second-order valence-electron chi connectivity index (χ2n) is 6.09. The molecule has 0 spiro atoms. The first-order chi connectivity index (χ1) is 11.3. The Bertz CT molecular complexity index is 793. The van der Waals surface area contributed by atoms with Crippen LogP contribution in [-0.4, -0.2) is 31.8 Å². The van der Waals surface area contributed by atoms with Gasteiger partial charge in [-0.1, -0.05) is 6.07 Å². The smallest absolute Gasteiger partial charge is 0.100 e. The van der Waals surface area contributed by atoms with Crippen LogP contribution in [0.15, 0.2) is 43.1 Å². The van der Waals surface area contributed by atoms with Crippen LogP contribution in [0.5, 0.6) is 0 Å². The molecule has 1 N–H and O–H groups in total. The van der Waals surface area contributed by atoms with E-state index in [-0.39, 0.29) is 6.10 Å². The number of aromatic nitrogens is 4. The number of fused-ring (bicyclic) bond motifs is 1. The molecule has 3 aromatic rings. The van der Waals surface area contributed by atoms with Crippen molar-refractivity contribution in [2.24, 2.45) is 7.05 Å². The van der Waals surface area contributed by atoms with E-state index in [0.717, 1.165) is 37.2 Å². The van der Waals surface area contributed by atoms with Crippen LogP contribution in [0.2, 0.25) is 0 Å². The molecule has 4 rings (SSSR count). The van der Waals surface area contributed by atoms with Gasteiger partial charge in [-0.2, -0.15) is 5.10 Å². The van der Waals surface area contributed by atoms with Crippen LogP contribution in [0.4, 0.5) is 0 Å². The molecule has 1 aliphatic heterocycles. The van der Waals surface area contributed by atoms with Crippen molar-refractivity contribution in [2.75, 3.05) is 6.61 Å². The van der Waals surface area contributed by atoms with Crippen molar-refractivity contribution in [3.63, 3.8) is 0 Å². The van der Waals surface area contributed by atoms with E-state index in [4.69, 9.17) is 4.74 Å². The maximum absolute atomic E-state index is 5.92. The van der Waals surface area contributed by atoms with Crippen molar-refractivity contribution < 1.29 is 4.74 Å². The van der Waals surface area contributed by atoms with Crippen LogP contribution >= 0.6 is 0 Å². The molecule has 2 atom stereocenters. The highest BCUT2D eigenvalue weighted by Gasteiger charge is 2.25. The highest BCUT2D eigenvalue weighted by molar-refractivity contribution is 5.53. The van der Waals surface area contributed by atoms with Crippen LogP contribution in [-0.2, 0) is 18.3 Å². The highest BCUT2D eigenvalue weighted by Crippen LogP contribution is 2.27. The molecular weight excluding hydrogens is 290 g/mol. The maximum atomic E-state index is 5.92. The van der Waals surface area contributed by atoms with E-state index in [0.29, 0.717) is 6.04 Å². The molecule has 1 aliphatic rings. The predicted molar refractivity (Wildman–Crippen MR) is 87.0 cm³/mol. The standard InChI is InChI=1S/C17H21N5O/c1-21-12-18-11-16(21)17-8-14(5-7-23-17)19-9-13-10-20-22-6-3-2-4-15(13)22/h2-4,6,10-12,14,17,19H,5,7-9H2,1H3. The van der Waals surface area contributed by atoms with Gasteiger partial charge in [0.1, 0.15) is 6.10 Å². The molecule has 3 aromatic heterocycles. The number of pyridine rings is 1. The lowest BCUT2D eigenvalue weighted by Crippen LogP contribution is -2.36. The molecule has 0 aromatic carbocycles. The van der Waals surface area contributed by atoms with Crippen molar-refractivity contribution in [1.29, 1.82) is 0 Å². The Hall–Kier alpha value is -2.18. The van der Waals surface area contributed by atoms with E-state index in [1.54, 1.807) is 0 Å². The Morgan fingerprint density at radius 1 is 1.35 bits per heavy atom. The lowest BCUT2D eigenvalue weighted by atomic mass is 10.0. The minimum absolute atomic E-state index is 0.123. The Morgan fingerprint density at radius 2 is 2.30 bits per heavy atom. The van der Waals surface area contributed by atoms with E-state index in [2.05, 4.69) is 21.5 Å². The largest absolute Gasteiger partial charge is 0.372 e. The van der Waals surface area contributed by atoms with Crippen molar-refractivity contribution in [3.05, 3.63) is 54.4 Å². The third-order valence-electron chi connectivity index (χ3n) is 4.56. The quantitative estimate of drug-likeness (QED) is 0.801. The van der Waals surface area contributed by atoms with Crippen LogP contribution < -0.4 is 5.32 Å². The number of imidazole rings is 1. The normalized spacial score (nSPS) is 21.8. The van der Waals surface area contributed by atoms with Gasteiger partial charge in [-0.15, -0.1) is 0 Å². The minimum Gasteiger partial charge on any atom is -0.372 e. The molecule has 2 unspecified atom stereocenters. The molecule has 4 heterocycles. The summed E-state index contributed by atoms with van der Waals surface area (Å²) in [6, 6.07) is 6.59. The zero-order chi connectivity index (χ0) is 15.6. The van der Waals surface area contributed by atoms with Gasteiger partial charge < -0.3 is 14.6 Å². The average molecular weight is 311 g/mol. The molecule has 1 fully saturated rings. The van der Waals surface area contributed by atoms with Gasteiger partial charge in [-0.25, -0.2) is 9.50 Å². The number of rotatable bonds is 4. The lowest BCUT2D eigenvalue weighted by molar-refractivity contribution is -0.00402. The Kier molecular flexibility index (Phi) is 3.85. The molecule has 0 radical (unpaired) electrons. The molecule has 0 bridgehead atoms. The zero-order valence-electron chi connectivity index (χ0n) is 13.2. The van der Waals surface area contributed by atoms with Crippen molar-refractivity contribution in [2.45, 2.75) is 31.5 Å². The molecule has 0 saturated carbocycles. The number of hydrogen-bond acceptors (Lipinski definition) is 4. The van der Waals surface area contributed by atoms with Gasteiger partial charge >= 0.3 is 0 Å². The van der Waals surface area contributed by atoms with E-state index in [1.807, 2.05) is 53.2 Å². The fraction of sp³-hybridized carbons (Fsp3) is 0.412. The van der Waals surface area contributed by atoms with Gasteiger partial charge in [0.05, 0.1) is 29.9 Å². The maximum Gasteiger partial charge on any atom is 0.100 e. The van der Waals surface area contributed by atoms with Gasteiger partial charge in [0.2, 0.25) is 0 Å². The monoisotopic (exact) mass is 311 g/mol. The van der Waals surface area contributed by atoms with Gasteiger partial charge in [0, 0.05) is 38.0 Å². The summed E-state index contributed by atoms with van der Waals surface area (Å²) in [6.45, 7) is 1.61. The highest BCUT2D eigenvalue weighted by atomic mass is 16.5. The fourth-order valence-corrected chi connectivity index (χ4v) is 3.24. The number of nitrogens with zero attached hydrogens (tertiary/aromatic N) is 4. The van der Waals surface area contributed by atoms with Gasteiger partial charge in [0.15, 0.2) is 0 Å². The Labute approximate surface area is 135 Å². The lowest BCUT2D eigenvalue weighted by Gasteiger charge is -2.30. The first-order valence-electron chi connectivity index (χ1n) is 8.04. The van der Waals surface area contributed by atoms with Gasteiger partial charge in [-0.3, -0.25) is 0 Å². The van der Waals surface area contributed by atoms with E-state index in [9.17, 15) is 0 Å². The molecule has 6 nitrogen and oxygen atoms in total. The van der Waals surface area contributed by atoms with Crippen molar-refractivity contribution in [1.82, 2.24) is 24.5 Å². The second kappa shape index (κ2) is 6.14. The summed E-state index contributed by atoms with van der Waals surface area (Å²) in [7, 11) is 2.02. The Balaban J connectivity index is 1.42. The average Bonchev–Trinajstić information content (AvgIpc) is 3.19. The number of nitrogens with one attached hydrogen (secondary N) is 1. The molecule has 0 aliphatic carbocycles. The Morgan fingerprint density at radius 3 is 3.17 bits per heavy atom. The number of hydrogen-bond donors (Lipinski definition) is 1. The molecule has 1 saturated heterocycles. The van der Waals surface area contributed by atoms with Gasteiger partial charge in [-0.05, 0) is 25.0 Å². The van der Waals surface area contributed by atoms with E-state index >= 15 is 0 Å². The van der Waals surface area contributed by atoms with Gasteiger partial charge in [0.25, 0.3) is 0 Å². The zero-order valence-corrected chi connectivity index (χ0v) is 13.2. The fourth-order valence-electron chi connectivity index (χ4n) is 3.24. The summed E-state index contributed by atoms with van der Waals surface area (Å²) in [5.41, 5.74) is 3.54. The number of ether oxygens (including phenoxy) is 1. The first kappa shape index (κ1) is 14.4. The third-order valence-corrected chi connectivity index (χ3v) is 4.56. The summed E-state index contributed by atoms with van der Waals surface area (Å²) in [4.78, 5) is 4.19. The van der Waals surface area contributed by atoms with Crippen molar-refractivity contribution >= 4 is 5.52 Å². The minimum atomic E-state index is 0.123. The predicted octanol–water partition coefficient (Wildman–Crippen LogP) is 2.08. The molecule has 0 amide bonds. The van der Waals surface area contributed by atoms with E-state index in [1.165, 1.54) is 5.56 Å². The second-order valence-corrected chi connectivity index (χ2v) is 6.09. The summed E-state index contributed by atoms with van der Waals surface area (Å²) >= 11 is 0. The first-order valence-corrected chi connectivity index (χ1v) is 8.04. The summed E-state index contributed by atoms with van der Waals surface area (Å²) in [5, 5.41) is 8.05. The molecular formula is C17H21N5O. The van der Waals surface area contributed by atoms with Crippen LogP contribution in [0.3, 0.4) is 0 Å². The summed E-state index contributed by atoms with van der Waals surface area (Å²) in [6.07, 6.45) is 9.78. The SMILES string of the molecule is Cn1cncc1C1CC(NCc2cnn3ccccc23)CCO1. The van der Waals surface area contributed by atoms with Crippen LogP contribution in [0.1, 0.15) is 30.2 Å². The van der Waals surface area contributed by atoms with Crippen LogP contribution in [0.25, 0.3) is 5.52 Å². The molecule has 120 valence electrons. The molecule has 6 heteroatoms. The summed E-state index contributed by atoms with van der Waals surface area (Å²) < 4.78 is 9.88. The van der Waals surface area contributed by atoms with E-state index < -0.39 is 0 Å². The van der Waals surface area contributed by atoms with Crippen LogP contribution in [0, 0.1) is 0 Å². The van der Waals surface area contributed by atoms with Crippen molar-refractivity contribution in [3.8, 4) is 0 Å². The summed E-state index contributed by atoms with van der Waals surface area (Å²) in [5.74, 6) is 0. The topological polar surface area (TPSA) is 56.4 Å². The molecule has 23 heavy (non-hydrogen) atoms. The number of aryl methyl sites for hydroxylation is 1.